The van der Waals surface area contributed by atoms with Gasteiger partial charge in [-0.2, -0.15) is 0 Å². The fraction of sp³-hybridized carbons (Fsp3) is 0.273. The van der Waals surface area contributed by atoms with Gasteiger partial charge in [0.15, 0.2) is 5.43 Å². The summed E-state index contributed by atoms with van der Waals surface area (Å²) >= 11 is 0. The molecule has 0 aliphatic carbocycles. The molecule has 3 aromatic rings. The molecule has 1 atom stereocenters. The van der Waals surface area contributed by atoms with Crippen molar-refractivity contribution < 1.29 is 14.3 Å². The maximum atomic E-state index is 13.3. The van der Waals surface area contributed by atoms with Crippen molar-refractivity contribution in [2.45, 2.75) is 26.3 Å². The molecule has 2 aromatic carbocycles. The lowest BCUT2D eigenvalue weighted by molar-refractivity contribution is 0.0691. The number of hydrogen-bond acceptors (Lipinski definition) is 4. The number of carbonyl (C=O) groups excluding carboxylic acids is 1. The van der Waals surface area contributed by atoms with E-state index in [4.69, 9.17) is 4.42 Å². The fourth-order valence-electron chi connectivity index (χ4n) is 3.75. The van der Waals surface area contributed by atoms with Gasteiger partial charge in [-0.1, -0.05) is 42.8 Å². The third-order valence-electron chi connectivity index (χ3n) is 5.17. The van der Waals surface area contributed by atoms with Crippen LogP contribution in [0, 0.1) is 6.92 Å². The zero-order chi connectivity index (χ0) is 19.1. The van der Waals surface area contributed by atoms with Crippen molar-refractivity contribution in [2.24, 2.45) is 0 Å². The average Bonchev–Trinajstić information content (AvgIpc) is 2.95. The van der Waals surface area contributed by atoms with Crippen molar-refractivity contribution in [2.75, 3.05) is 13.2 Å². The highest BCUT2D eigenvalue weighted by atomic mass is 16.3. The van der Waals surface area contributed by atoms with Crippen LogP contribution in [-0.4, -0.2) is 29.1 Å². The highest BCUT2D eigenvalue weighted by Gasteiger charge is 2.42. The van der Waals surface area contributed by atoms with Crippen molar-refractivity contribution in [3.63, 3.8) is 0 Å². The number of aryl methyl sites for hydroxylation is 2. The quantitative estimate of drug-likeness (QED) is 0.773. The molecule has 1 amide bonds. The molecule has 0 spiro atoms. The van der Waals surface area contributed by atoms with Gasteiger partial charge >= 0.3 is 0 Å². The average molecular weight is 363 g/mol. The zero-order valence-corrected chi connectivity index (χ0v) is 15.4. The topological polar surface area (TPSA) is 70.8 Å². The van der Waals surface area contributed by atoms with Gasteiger partial charge in [-0.05, 0) is 36.6 Å². The van der Waals surface area contributed by atoms with Crippen molar-refractivity contribution in [3.8, 4) is 0 Å². The van der Waals surface area contributed by atoms with Crippen LogP contribution >= 0.6 is 0 Å². The van der Waals surface area contributed by atoms with Crippen molar-refractivity contribution in [1.82, 2.24) is 4.90 Å². The maximum Gasteiger partial charge on any atom is 0.290 e. The van der Waals surface area contributed by atoms with Gasteiger partial charge in [0.25, 0.3) is 5.91 Å². The monoisotopic (exact) mass is 363 g/mol. The molecule has 1 aliphatic heterocycles. The van der Waals surface area contributed by atoms with Crippen LogP contribution in [0.2, 0.25) is 0 Å². The largest absolute Gasteiger partial charge is 0.450 e. The molecule has 4 rings (SSSR count). The Morgan fingerprint density at radius 2 is 1.85 bits per heavy atom. The standard InChI is InChI=1S/C22H21NO4/c1-3-14-5-7-15(8-6-14)19-18-20(25)16-12-13(2)4-9-17(16)27-21(18)22(26)23(19)10-11-24/h4-9,12,19,24H,3,10-11H2,1-2H3. The Morgan fingerprint density at radius 1 is 1.11 bits per heavy atom. The van der Waals surface area contributed by atoms with Crippen LogP contribution in [0.25, 0.3) is 11.0 Å². The second-order valence-electron chi connectivity index (χ2n) is 6.89. The van der Waals surface area contributed by atoms with E-state index in [0.717, 1.165) is 17.5 Å². The normalized spacial score (nSPS) is 16.2. The van der Waals surface area contributed by atoms with Crippen LogP contribution in [0.5, 0.6) is 0 Å². The molecule has 1 unspecified atom stereocenters. The molecule has 27 heavy (non-hydrogen) atoms. The summed E-state index contributed by atoms with van der Waals surface area (Å²) in [5.41, 5.74) is 3.55. The first-order chi connectivity index (χ1) is 13.0. The second-order valence-corrected chi connectivity index (χ2v) is 6.89. The molecule has 0 saturated heterocycles. The number of hydrogen-bond donors (Lipinski definition) is 1. The van der Waals surface area contributed by atoms with Gasteiger partial charge in [0.05, 0.1) is 23.6 Å². The summed E-state index contributed by atoms with van der Waals surface area (Å²) in [7, 11) is 0. The number of benzene rings is 2. The Morgan fingerprint density at radius 3 is 2.52 bits per heavy atom. The molecule has 1 aromatic heterocycles. The number of β-amino-alcohol motifs (C(OH)–C–C–N with tert-alkyl or cyclic N) is 1. The molecule has 0 saturated carbocycles. The van der Waals surface area contributed by atoms with E-state index in [2.05, 4.69) is 6.92 Å². The number of rotatable bonds is 4. The lowest BCUT2D eigenvalue weighted by Crippen LogP contribution is -2.32. The number of carbonyl (C=O) groups is 1. The van der Waals surface area contributed by atoms with Crippen LogP contribution in [0.1, 0.15) is 45.8 Å². The summed E-state index contributed by atoms with van der Waals surface area (Å²) in [6.45, 7) is 3.94. The Labute approximate surface area is 156 Å². The van der Waals surface area contributed by atoms with Gasteiger partial charge in [-0.25, -0.2) is 0 Å². The fourth-order valence-corrected chi connectivity index (χ4v) is 3.75. The molecule has 1 aliphatic rings. The van der Waals surface area contributed by atoms with Crippen molar-refractivity contribution in [1.29, 1.82) is 0 Å². The summed E-state index contributed by atoms with van der Waals surface area (Å²) < 4.78 is 5.85. The third-order valence-corrected chi connectivity index (χ3v) is 5.17. The predicted octanol–water partition coefficient (Wildman–Crippen LogP) is 3.20. The van der Waals surface area contributed by atoms with Crippen LogP contribution in [-0.2, 0) is 6.42 Å². The van der Waals surface area contributed by atoms with Gasteiger partial charge in [0, 0.05) is 6.54 Å². The van der Waals surface area contributed by atoms with Crippen molar-refractivity contribution in [3.05, 3.63) is 80.7 Å². The lowest BCUT2D eigenvalue weighted by Gasteiger charge is -2.24. The van der Waals surface area contributed by atoms with E-state index in [-0.39, 0.29) is 30.2 Å². The lowest BCUT2D eigenvalue weighted by atomic mass is 9.97. The first kappa shape index (κ1) is 17.5. The Kier molecular flexibility index (Phi) is 4.32. The summed E-state index contributed by atoms with van der Waals surface area (Å²) in [6.07, 6.45) is 0.910. The van der Waals surface area contributed by atoms with Gasteiger partial charge in [0.2, 0.25) is 5.76 Å². The Bertz CT molecular complexity index is 1080. The molecule has 1 N–H and O–H groups in total. The molecular formula is C22H21NO4. The van der Waals surface area contributed by atoms with Gasteiger partial charge in [-0.15, -0.1) is 0 Å². The minimum atomic E-state index is -0.549. The number of fused-ring (bicyclic) bond motifs is 2. The molecule has 0 fully saturated rings. The summed E-state index contributed by atoms with van der Waals surface area (Å²) in [6, 6.07) is 12.7. The summed E-state index contributed by atoms with van der Waals surface area (Å²) in [4.78, 5) is 27.7. The first-order valence-corrected chi connectivity index (χ1v) is 9.13. The Balaban J connectivity index is 1.97. The molecule has 0 radical (unpaired) electrons. The van der Waals surface area contributed by atoms with E-state index in [1.807, 2.05) is 37.3 Å². The van der Waals surface area contributed by atoms with E-state index in [1.54, 1.807) is 12.1 Å². The molecule has 0 bridgehead atoms. The van der Waals surface area contributed by atoms with E-state index < -0.39 is 6.04 Å². The van der Waals surface area contributed by atoms with Crippen LogP contribution in [0.4, 0.5) is 0 Å². The van der Waals surface area contributed by atoms with E-state index >= 15 is 0 Å². The zero-order valence-electron chi connectivity index (χ0n) is 15.4. The maximum absolute atomic E-state index is 13.3. The number of aliphatic hydroxyl groups is 1. The number of aliphatic hydroxyl groups excluding tert-OH is 1. The number of nitrogens with zero attached hydrogens (tertiary/aromatic N) is 1. The molecule has 2 heterocycles. The summed E-state index contributed by atoms with van der Waals surface area (Å²) in [5, 5.41) is 9.94. The number of amides is 1. The predicted molar refractivity (Wildman–Crippen MR) is 103 cm³/mol. The first-order valence-electron chi connectivity index (χ1n) is 9.13. The molecule has 5 heteroatoms. The van der Waals surface area contributed by atoms with E-state index in [1.165, 1.54) is 10.5 Å². The third kappa shape index (κ3) is 2.75. The van der Waals surface area contributed by atoms with Gasteiger partial charge in [-0.3, -0.25) is 9.59 Å². The highest BCUT2D eigenvalue weighted by Crippen LogP contribution is 2.38. The van der Waals surface area contributed by atoms with Gasteiger partial charge in [0.1, 0.15) is 5.58 Å². The van der Waals surface area contributed by atoms with Gasteiger partial charge < -0.3 is 14.4 Å². The summed E-state index contributed by atoms with van der Waals surface area (Å²) in [5.74, 6) is -0.280. The Hall–Kier alpha value is -2.92. The van der Waals surface area contributed by atoms with Crippen LogP contribution < -0.4 is 5.43 Å². The van der Waals surface area contributed by atoms with Crippen LogP contribution in [0.15, 0.2) is 51.7 Å². The SMILES string of the molecule is CCc1ccc(C2c3c(oc4ccc(C)cc4c3=O)C(=O)N2CCO)cc1. The second kappa shape index (κ2) is 6.67. The van der Waals surface area contributed by atoms with E-state index in [0.29, 0.717) is 16.5 Å². The molecule has 5 nitrogen and oxygen atoms in total. The van der Waals surface area contributed by atoms with Crippen molar-refractivity contribution >= 4 is 16.9 Å². The minimum Gasteiger partial charge on any atom is -0.450 e. The smallest absolute Gasteiger partial charge is 0.290 e. The minimum absolute atomic E-state index is 0.0781. The van der Waals surface area contributed by atoms with E-state index in [9.17, 15) is 14.7 Å². The molecular weight excluding hydrogens is 342 g/mol. The highest BCUT2D eigenvalue weighted by molar-refractivity contribution is 5.99. The van der Waals surface area contributed by atoms with Crippen LogP contribution in [0.3, 0.4) is 0 Å². The molecule has 138 valence electrons.